The molecule has 39 heavy (non-hydrogen) atoms. The lowest BCUT2D eigenvalue weighted by Crippen LogP contribution is -2.51. The van der Waals surface area contributed by atoms with Crippen LogP contribution in [0, 0.1) is 11.8 Å². The first-order valence-electron chi connectivity index (χ1n) is 14.8. The van der Waals surface area contributed by atoms with E-state index in [0.717, 1.165) is 30.2 Å². The van der Waals surface area contributed by atoms with Crippen LogP contribution in [0.5, 0.6) is 0 Å². The van der Waals surface area contributed by atoms with Gasteiger partial charge in [-0.25, -0.2) is 9.78 Å². The maximum atomic E-state index is 14.1. The summed E-state index contributed by atoms with van der Waals surface area (Å²) in [6.07, 6.45) is 13.7. The highest BCUT2D eigenvalue weighted by Crippen LogP contribution is 2.49. The van der Waals surface area contributed by atoms with Gasteiger partial charge in [-0.15, -0.1) is 0 Å². The maximum absolute atomic E-state index is 14.1. The first-order valence-corrected chi connectivity index (χ1v) is 14.8. The van der Waals surface area contributed by atoms with Crippen molar-refractivity contribution >= 4 is 22.7 Å². The molecule has 1 N–H and O–H groups in total. The Hall–Kier alpha value is -2.78. The van der Waals surface area contributed by atoms with Gasteiger partial charge in [0, 0.05) is 25.2 Å². The average Bonchev–Trinajstić information content (AvgIpc) is 3.04. The fraction of sp³-hybridized carbons (Fsp3) is 0.667. The van der Waals surface area contributed by atoms with Gasteiger partial charge in [0.1, 0.15) is 6.61 Å². The predicted octanol–water partition coefficient (Wildman–Crippen LogP) is 4.38. The summed E-state index contributed by atoms with van der Waals surface area (Å²) < 4.78 is 6.81. The van der Waals surface area contributed by atoms with E-state index in [1.165, 1.54) is 64.9 Å². The maximum Gasteiger partial charge on any atom is 0.360 e. The third-order valence-corrected chi connectivity index (χ3v) is 9.66. The Kier molecular flexibility index (Phi) is 7.71. The molecule has 2 saturated heterocycles. The highest BCUT2D eigenvalue weighted by Gasteiger charge is 2.49. The van der Waals surface area contributed by atoms with Crippen molar-refractivity contribution in [3.63, 3.8) is 0 Å². The molecule has 2 unspecified atom stereocenters. The molecule has 0 spiro atoms. The van der Waals surface area contributed by atoms with Crippen LogP contribution in [-0.4, -0.2) is 69.7 Å². The van der Waals surface area contributed by atoms with Crippen LogP contribution in [-0.2, 0) is 14.4 Å². The van der Waals surface area contributed by atoms with Gasteiger partial charge < -0.3 is 19.2 Å². The summed E-state index contributed by atoms with van der Waals surface area (Å²) >= 11 is 0. The second-order valence-corrected chi connectivity index (χ2v) is 12.0. The number of aromatic nitrogens is 2. The molecule has 0 radical (unpaired) electrons. The minimum atomic E-state index is -1.34. The molecule has 4 aliphatic rings. The Morgan fingerprint density at radius 3 is 2.49 bits per heavy atom. The van der Waals surface area contributed by atoms with Crippen LogP contribution in [0.4, 0.5) is 0 Å². The number of carboxylic acids is 1. The fourth-order valence-corrected chi connectivity index (χ4v) is 8.21. The van der Waals surface area contributed by atoms with E-state index in [2.05, 4.69) is 15.0 Å². The number of hydrogen-bond donors (Lipinski definition) is 1. The second kappa shape index (κ2) is 11.4. The number of ether oxygens (including phenoxy) is 1. The normalized spacial score (nSPS) is 31.3. The SMILES string of the molecule is COCCO/N=C(\C(=O)O)c1nc2ccccc2n([C@@H]2C[C@@H]3CCC[C@H]2N3C2CC3CCCCC(C3)C2)c1=O. The first-order chi connectivity index (χ1) is 19.0. The van der Waals surface area contributed by atoms with Gasteiger partial charge in [-0.1, -0.05) is 49.4 Å². The van der Waals surface area contributed by atoms with Crippen molar-refractivity contribution in [2.24, 2.45) is 17.0 Å². The number of carbonyl (C=O) groups is 1. The summed E-state index contributed by atoms with van der Waals surface area (Å²) in [5, 5.41) is 13.8. The standard InChI is InChI=1S/C30H40N4O5/c1-38-13-14-39-32-28(30(36)37)27-29(35)34(24-11-5-4-10-23(24)31-27)26-18-21-9-6-12-25(26)33(21)22-16-19-7-2-3-8-20(15-19)17-22/h4-5,10-11,19-22,25-26H,2-3,6-9,12-18H2,1H3,(H,36,37)/b32-28-/t19?,20?,21-,22?,25+,26+/m0/s1. The zero-order chi connectivity index (χ0) is 26.9. The third kappa shape index (κ3) is 5.11. The number of methoxy groups -OCH3 is 1. The minimum Gasteiger partial charge on any atom is -0.476 e. The Bertz CT molecular complexity index is 1280. The van der Waals surface area contributed by atoms with Gasteiger partial charge in [-0.2, -0.15) is 0 Å². The van der Waals surface area contributed by atoms with Gasteiger partial charge in [0.25, 0.3) is 5.56 Å². The molecule has 0 amide bonds. The molecule has 4 fully saturated rings. The number of rotatable bonds is 8. The number of piperidine rings is 1. The van der Waals surface area contributed by atoms with E-state index in [4.69, 9.17) is 9.57 Å². The van der Waals surface area contributed by atoms with Crippen molar-refractivity contribution in [2.45, 2.75) is 94.8 Å². The Balaban J connectivity index is 1.39. The van der Waals surface area contributed by atoms with Crippen LogP contribution >= 0.6 is 0 Å². The van der Waals surface area contributed by atoms with Crippen molar-refractivity contribution in [3.8, 4) is 0 Å². The van der Waals surface area contributed by atoms with Gasteiger partial charge in [0.15, 0.2) is 5.69 Å². The Morgan fingerprint density at radius 1 is 0.974 bits per heavy atom. The number of fused-ring (bicyclic) bond motifs is 5. The van der Waals surface area contributed by atoms with Gasteiger partial charge >= 0.3 is 5.97 Å². The zero-order valence-corrected chi connectivity index (χ0v) is 22.8. The van der Waals surface area contributed by atoms with E-state index in [0.29, 0.717) is 17.6 Å². The summed E-state index contributed by atoms with van der Waals surface area (Å²) in [6, 6.07) is 8.85. The molecular weight excluding hydrogens is 496 g/mol. The molecule has 6 rings (SSSR count). The van der Waals surface area contributed by atoms with Crippen molar-refractivity contribution < 1.29 is 19.5 Å². The zero-order valence-electron chi connectivity index (χ0n) is 22.8. The number of hydrogen-bond acceptors (Lipinski definition) is 7. The third-order valence-electron chi connectivity index (χ3n) is 9.66. The van der Waals surface area contributed by atoms with Crippen LogP contribution in [0.15, 0.2) is 34.2 Å². The van der Waals surface area contributed by atoms with E-state index in [1.54, 1.807) is 0 Å². The molecule has 2 aliphatic carbocycles. The van der Waals surface area contributed by atoms with Crippen molar-refractivity contribution in [3.05, 3.63) is 40.3 Å². The molecule has 1 aromatic heterocycles. The minimum absolute atomic E-state index is 0.0231. The van der Waals surface area contributed by atoms with Gasteiger partial charge in [-0.05, 0) is 62.5 Å². The summed E-state index contributed by atoms with van der Waals surface area (Å²) in [5.74, 6) is 0.328. The lowest BCUT2D eigenvalue weighted by atomic mass is 9.76. The molecule has 5 atom stereocenters. The lowest BCUT2D eigenvalue weighted by Gasteiger charge is -2.46. The van der Waals surface area contributed by atoms with E-state index in [-0.39, 0.29) is 31.0 Å². The van der Waals surface area contributed by atoms with E-state index < -0.39 is 17.2 Å². The van der Waals surface area contributed by atoms with Gasteiger partial charge in [0.05, 0.1) is 23.7 Å². The Morgan fingerprint density at radius 2 is 1.74 bits per heavy atom. The highest BCUT2D eigenvalue weighted by molar-refractivity contribution is 6.41. The number of nitrogens with zero attached hydrogens (tertiary/aromatic N) is 4. The smallest absolute Gasteiger partial charge is 0.360 e. The topological polar surface area (TPSA) is 106 Å². The highest BCUT2D eigenvalue weighted by atomic mass is 16.6. The molecular formula is C30H40N4O5. The lowest BCUT2D eigenvalue weighted by molar-refractivity contribution is -0.129. The molecule has 4 bridgehead atoms. The van der Waals surface area contributed by atoms with Crippen molar-refractivity contribution in [2.75, 3.05) is 20.3 Å². The fourth-order valence-electron chi connectivity index (χ4n) is 8.21. The van der Waals surface area contributed by atoms with Crippen LogP contribution < -0.4 is 5.56 Å². The van der Waals surface area contributed by atoms with Gasteiger partial charge in [-0.3, -0.25) is 9.69 Å². The number of carboxylic acid groups (broad SMARTS) is 1. The number of aliphatic carboxylic acids is 1. The van der Waals surface area contributed by atoms with Crippen LogP contribution in [0.2, 0.25) is 0 Å². The largest absolute Gasteiger partial charge is 0.476 e. The van der Waals surface area contributed by atoms with Gasteiger partial charge in [0.2, 0.25) is 5.71 Å². The van der Waals surface area contributed by atoms with E-state index in [1.807, 2.05) is 28.8 Å². The molecule has 9 nitrogen and oxygen atoms in total. The van der Waals surface area contributed by atoms with Crippen LogP contribution in [0.1, 0.15) is 82.4 Å². The molecule has 9 heteroatoms. The summed E-state index contributed by atoms with van der Waals surface area (Å²) in [4.78, 5) is 38.8. The molecule has 210 valence electrons. The Labute approximate surface area is 229 Å². The number of oxime groups is 1. The molecule has 2 saturated carbocycles. The van der Waals surface area contributed by atoms with Crippen LogP contribution in [0.3, 0.4) is 0 Å². The summed E-state index contributed by atoms with van der Waals surface area (Å²) in [7, 11) is 1.52. The van der Waals surface area contributed by atoms with Crippen molar-refractivity contribution in [1.82, 2.24) is 14.5 Å². The van der Waals surface area contributed by atoms with E-state index in [9.17, 15) is 14.7 Å². The average molecular weight is 537 g/mol. The number of para-hydroxylation sites is 2. The summed E-state index contributed by atoms with van der Waals surface area (Å²) in [6.45, 7) is 0.343. The van der Waals surface area contributed by atoms with Crippen LogP contribution in [0.25, 0.3) is 11.0 Å². The molecule has 1 aromatic carbocycles. The monoisotopic (exact) mass is 536 g/mol. The van der Waals surface area contributed by atoms with E-state index >= 15 is 0 Å². The molecule has 3 heterocycles. The number of benzene rings is 1. The summed E-state index contributed by atoms with van der Waals surface area (Å²) in [5.41, 5.74) is 0.306. The van der Waals surface area contributed by atoms with Crippen molar-refractivity contribution in [1.29, 1.82) is 0 Å². The molecule has 2 aliphatic heterocycles. The second-order valence-electron chi connectivity index (χ2n) is 12.0. The first kappa shape index (κ1) is 26.4. The predicted molar refractivity (Wildman–Crippen MR) is 148 cm³/mol. The quantitative estimate of drug-likeness (QED) is 0.303. The molecule has 2 aromatic rings.